The number of esters is 1. The van der Waals surface area contributed by atoms with Gasteiger partial charge in [0, 0.05) is 12.1 Å². The molecule has 2 aromatic rings. The van der Waals surface area contributed by atoms with E-state index < -0.39 is 16.4 Å². The SMILES string of the molecule is CCN(CC)CC.COC(=O)C=Cc1cc(OCc2ccccc2)cc(OS(=O)(=O)O)c1. The Labute approximate surface area is 190 Å². The van der Waals surface area contributed by atoms with Crippen LogP contribution in [0.15, 0.2) is 54.6 Å². The summed E-state index contributed by atoms with van der Waals surface area (Å²) >= 11 is 0. The first-order valence-corrected chi connectivity index (χ1v) is 11.5. The van der Waals surface area contributed by atoms with Crippen molar-refractivity contribution in [3.63, 3.8) is 0 Å². The minimum Gasteiger partial charge on any atom is -0.489 e. The fourth-order valence-electron chi connectivity index (χ4n) is 2.59. The summed E-state index contributed by atoms with van der Waals surface area (Å²) in [6.07, 6.45) is 2.56. The molecule has 0 aliphatic heterocycles. The first-order valence-electron chi connectivity index (χ1n) is 10.2. The second-order valence-electron chi connectivity index (χ2n) is 6.50. The van der Waals surface area contributed by atoms with Crippen LogP contribution in [0.4, 0.5) is 0 Å². The van der Waals surface area contributed by atoms with Crippen LogP contribution in [0, 0.1) is 0 Å². The molecule has 0 saturated carbocycles. The van der Waals surface area contributed by atoms with Crippen molar-refractivity contribution in [3.05, 3.63) is 65.7 Å². The highest BCUT2D eigenvalue weighted by Gasteiger charge is 2.10. The summed E-state index contributed by atoms with van der Waals surface area (Å²) in [5.41, 5.74) is 1.34. The monoisotopic (exact) mass is 465 g/mol. The molecule has 0 fully saturated rings. The van der Waals surface area contributed by atoms with E-state index in [0.717, 1.165) is 11.6 Å². The van der Waals surface area contributed by atoms with Crippen molar-refractivity contribution < 1.29 is 31.4 Å². The zero-order valence-electron chi connectivity index (χ0n) is 18.9. The van der Waals surface area contributed by atoms with E-state index in [9.17, 15) is 13.2 Å². The highest BCUT2D eigenvalue weighted by Crippen LogP contribution is 2.25. The summed E-state index contributed by atoms with van der Waals surface area (Å²) < 4.78 is 45.2. The molecule has 0 bridgehead atoms. The number of ether oxygens (including phenoxy) is 2. The molecule has 0 aliphatic carbocycles. The quantitative estimate of drug-likeness (QED) is 0.319. The van der Waals surface area contributed by atoms with Gasteiger partial charge in [0.15, 0.2) is 0 Å². The van der Waals surface area contributed by atoms with Crippen LogP contribution in [-0.4, -0.2) is 50.6 Å². The van der Waals surface area contributed by atoms with Gasteiger partial charge in [0.25, 0.3) is 0 Å². The number of rotatable bonds is 10. The van der Waals surface area contributed by atoms with E-state index in [1.54, 1.807) is 6.07 Å². The van der Waals surface area contributed by atoms with E-state index in [1.165, 1.54) is 45.0 Å². The van der Waals surface area contributed by atoms with Gasteiger partial charge in [-0.3, -0.25) is 4.55 Å². The van der Waals surface area contributed by atoms with Crippen LogP contribution in [0.2, 0.25) is 0 Å². The number of benzene rings is 2. The largest absolute Gasteiger partial charge is 0.489 e. The van der Waals surface area contributed by atoms with Gasteiger partial charge >= 0.3 is 16.4 Å². The second kappa shape index (κ2) is 14.2. The lowest BCUT2D eigenvalue weighted by Gasteiger charge is -2.13. The highest BCUT2D eigenvalue weighted by atomic mass is 32.3. The maximum atomic E-state index is 11.2. The molecule has 0 amide bonds. The normalized spacial score (nSPS) is 11.1. The molecule has 9 heteroatoms. The van der Waals surface area contributed by atoms with Crippen molar-refractivity contribution in [1.82, 2.24) is 4.90 Å². The Morgan fingerprint density at radius 2 is 1.59 bits per heavy atom. The molecular formula is C23H31NO7S. The van der Waals surface area contributed by atoms with Crippen LogP contribution in [0.25, 0.3) is 6.08 Å². The first kappa shape index (κ1) is 27.2. The van der Waals surface area contributed by atoms with Crippen molar-refractivity contribution in [3.8, 4) is 11.5 Å². The molecule has 32 heavy (non-hydrogen) atoms. The Hall–Kier alpha value is -2.88. The van der Waals surface area contributed by atoms with Crippen molar-refractivity contribution in [1.29, 1.82) is 0 Å². The van der Waals surface area contributed by atoms with Crippen LogP contribution in [-0.2, 0) is 26.5 Å². The number of methoxy groups -OCH3 is 1. The number of carbonyl (C=O) groups is 1. The van der Waals surface area contributed by atoms with E-state index in [2.05, 4.69) is 34.6 Å². The van der Waals surface area contributed by atoms with Crippen LogP contribution >= 0.6 is 0 Å². The fourth-order valence-corrected chi connectivity index (χ4v) is 2.93. The Morgan fingerprint density at radius 3 is 2.09 bits per heavy atom. The lowest BCUT2D eigenvalue weighted by molar-refractivity contribution is -0.134. The van der Waals surface area contributed by atoms with Gasteiger partial charge in [0.05, 0.1) is 7.11 Å². The summed E-state index contributed by atoms with van der Waals surface area (Å²) in [5.74, 6) is -0.431. The molecular weight excluding hydrogens is 434 g/mol. The molecule has 0 atom stereocenters. The molecule has 1 N–H and O–H groups in total. The maximum absolute atomic E-state index is 11.2. The summed E-state index contributed by atoms with van der Waals surface area (Å²) in [5, 5.41) is 0. The third kappa shape index (κ3) is 11.5. The molecule has 0 unspecified atom stereocenters. The van der Waals surface area contributed by atoms with E-state index >= 15 is 0 Å². The van der Waals surface area contributed by atoms with Crippen LogP contribution in [0.3, 0.4) is 0 Å². The predicted octanol–water partition coefficient (Wildman–Crippen LogP) is 3.98. The van der Waals surface area contributed by atoms with E-state index in [1.807, 2.05) is 30.3 Å². The van der Waals surface area contributed by atoms with E-state index in [-0.39, 0.29) is 12.4 Å². The molecule has 0 saturated heterocycles. The van der Waals surface area contributed by atoms with Gasteiger partial charge in [-0.1, -0.05) is 51.1 Å². The number of hydrogen-bond donors (Lipinski definition) is 1. The van der Waals surface area contributed by atoms with Gasteiger partial charge < -0.3 is 18.6 Å². The standard InChI is InChI=1S/C17H16O7S.C6H15N/c1-22-17(18)8-7-14-9-15(11-16(10-14)24-25(19,20)21)23-12-13-5-3-2-4-6-13;1-4-7(5-2)6-3/h2-11H,12H2,1H3,(H,19,20,21);4-6H2,1-3H3. The van der Waals surface area contributed by atoms with E-state index in [4.69, 9.17) is 9.29 Å². The van der Waals surface area contributed by atoms with E-state index in [0.29, 0.717) is 11.3 Å². The Morgan fingerprint density at radius 1 is 1.00 bits per heavy atom. The summed E-state index contributed by atoms with van der Waals surface area (Å²) in [6, 6.07) is 13.6. The number of nitrogens with zero attached hydrogens (tertiary/aromatic N) is 1. The van der Waals surface area contributed by atoms with Crippen LogP contribution < -0.4 is 8.92 Å². The van der Waals surface area contributed by atoms with Gasteiger partial charge in [-0.2, -0.15) is 8.42 Å². The lowest BCUT2D eigenvalue weighted by atomic mass is 10.2. The van der Waals surface area contributed by atoms with Gasteiger partial charge in [-0.25, -0.2) is 4.79 Å². The maximum Gasteiger partial charge on any atom is 0.446 e. The van der Waals surface area contributed by atoms with Gasteiger partial charge in [0.1, 0.15) is 18.1 Å². The van der Waals surface area contributed by atoms with Crippen LogP contribution in [0.5, 0.6) is 11.5 Å². The minimum absolute atomic E-state index is 0.155. The zero-order valence-corrected chi connectivity index (χ0v) is 19.7. The zero-order chi connectivity index (χ0) is 24.0. The van der Waals surface area contributed by atoms with Crippen LogP contribution in [0.1, 0.15) is 31.9 Å². The van der Waals surface area contributed by atoms with Crippen molar-refractivity contribution in [2.24, 2.45) is 0 Å². The molecule has 0 radical (unpaired) electrons. The summed E-state index contributed by atoms with van der Waals surface area (Å²) in [6.45, 7) is 10.4. The van der Waals surface area contributed by atoms with Gasteiger partial charge in [0.2, 0.25) is 0 Å². The highest BCUT2D eigenvalue weighted by molar-refractivity contribution is 7.81. The average molecular weight is 466 g/mol. The molecule has 8 nitrogen and oxygen atoms in total. The topological polar surface area (TPSA) is 102 Å². The molecule has 2 aromatic carbocycles. The number of carbonyl (C=O) groups excluding carboxylic acids is 1. The van der Waals surface area contributed by atoms with Gasteiger partial charge in [-0.05, 0) is 49.0 Å². The predicted molar refractivity (Wildman–Crippen MR) is 124 cm³/mol. The molecule has 0 aliphatic rings. The number of hydrogen-bond acceptors (Lipinski definition) is 7. The Bertz CT molecular complexity index is 950. The minimum atomic E-state index is -4.69. The smallest absolute Gasteiger partial charge is 0.446 e. The molecule has 176 valence electrons. The average Bonchev–Trinajstić information content (AvgIpc) is 2.77. The summed E-state index contributed by atoms with van der Waals surface area (Å²) in [4.78, 5) is 13.6. The molecule has 0 heterocycles. The Balaban J connectivity index is 0.000000633. The van der Waals surface area contributed by atoms with Crippen molar-refractivity contribution in [2.75, 3.05) is 26.7 Å². The third-order valence-corrected chi connectivity index (χ3v) is 4.71. The lowest BCUT2D eigenvalue weighted by Crippen LogP contribution is -2.21. The van der Waals surface area contributed by atoms with Gasteiger partial charge in [-0.15, -0.1) is 0 Å². The first-order chi connectivity index (χ1) is 15.2. The molecule has 0 aromatic heterocycles. The second-order valence-corrected chi connectivity index (χ2v) is 7.52. The Kier molecular flexibility index (Phi) is 12.1. The fraction of sp³-hybridized carbons (Fsp3) is 0.348. The summed E-state index contributed by atoms with van der Waals surface area (Å²) in [7, 11) is -3.45. The van der Waals surface area contributed by atoms with Crippen molar-refractivity contribution in [2.45, 2.75) is 27.4 Å². The third-order valence-electron chi connectivity index (χ3n) is 4.31. The van der Waals surface area contributed by atoms with Crippen molar-refractivity contribution >= 4 is 22.4 Å². The molecule has 2 rings (SSSR count). The molecule has 0 spiro atoms.